The van der Waals surface area contributed by atoms with Crippen LogP contribution in [-0.4, -0.2) is 41.9 Å². The lowest BCUT2D eigenvalue weighted by atomic mass is 10.0. The van der Waals surface area contributed by atoms with Gasteiger partial charge in [-0.15, -0.1) is 0 Å². The first-order valence-corrected chi connectivity index (χ1v) is 26.6. The third-order valence-electron chi connectivity index (χ3n) is 11.6. The average molecular weight is 824 g/mol. The Morgan fingerprint density at radius 1 is 0.456 bits per heavy atom. The van der Waals surface area contributed by atoms with E-state index in [1.54, 1.807) is 6.08 Å². The molecule has 0 spiro atoms. The second-order valence-corrected chi connectivity index (χ2v) is 18.9. The van der Waals surface area contributed by atoms with Gasteiger partial charge in [0.1, 0.15) is 0 Å². The maximum atomic E-state index is 12.6. The summed E-state index contributed by atoms with van der Waals surface area (Å²) in [5.74, 6) is -0.969. The van der Waals surface area contributed by atoms with Crippen molar-refractivity contribution in [3.05, 3.63) is 24.3 Å². The lowest BCUT2D eigenvalue weighted by molar-refractivity contribution is -0.122. The molecule has 0 aliphatic heterocycles. The van der Waals surface area contributed by atoms with Crippen molar-refractivity contribution in [2.75, 3.05) is 5.75 Å². The minimum atomic E-state index is -4.35. The monoisotopic (exact) mass is 824 g/mol. The highest BCUT2D eigenvalue weighted by molar-refractivity contribution is 7.85. The summed E-state index contributed by atoms with van der Waals surface area (Å²) < 4.78 is 32.7. The molecule has 0 aromatic carbocycles. The van der Waals surface area contributed by atoms with Gasteiger partial charge in [-0.3, -0.25) is 9.35 Å². The Hall–Kier alpha value is -1.18. The van der Waals surface area contributed by atoms with Crippen molar-refractivity contribution in [3.63, 3.8) is 0 Å². The van der Waals surface area contributed by atoms with E-state index in [1.807, 2.05) is 6.08 Å². The number of rotatable bonds is 46. The predicted molar refractivity (Wildman–Crippen MR) is 249 cm³/mol. The van der Waals surface area contributed by atoms with Gasteiger partial charge in [-0.25, -0.2) is 0 Å². The summed E-state index contributed by atoms with van der Waals surface area (Å²) in [5.41, 5.74) is 0. The number of allylic oxidation sites excluding steroid dienone is 3. The second-order valence-electron chi connectivity index (χ2n) is 17.4. The zero-order valence-electron chi connectivity index (χ0n) is 38.0. The van der Waals surface area contributed by atoms with Crippen LogP contribution in [0.1, 0.15) is 271 Å². The second kappa shape index (κ2) is 44.4. The summed E-state index contributed by atoms with van der Waals surface area (Å²) in [6, 6.07) is -1.06. The molecule has 0 bridgehead atoms. The van der Waals surface area contributed by atoms with Crippen molar-refractivity contribution in [2.45, 2.75) is 283 Å². The van der Waals surface area contributed by atoms with Crippen molar-refractivity contribution in [3.8, 4) is 0 Å². The third kappa shape index (κ3) is 45.7. The number of unbranched alkanes of at least 4 members (excludes halogenated alkanes) is 36. The van der Waals surface area contributed by atoms with E-state index >= 15 is 0 Å². The highest BCUT2D eigenvalue weighted by atomic mass is 32.2. The molecule has 1 amide bonds. The minimum Gasteiger partial charge on any atom is -0.387 e. The van der Waals surface area contributed by atoms with E-state index in [0.29, 0.717) is 6.42 Å². The van der Waals surface area contributed by atoms with Crippen LogP contribution in [0.2, 0.25) is 0 Å². The van der Waals surface area contributed by atoms with E-state index in [-0.39, 0.29) is 5.91 Å². The van der Waals surface area contributed by atoms with Gasteiger partial charge < -0.3 is 10.4 Å². The molecule has 2 unspecified atom stereocenters. The van der Waals surface area contributed by atoms with Crippen LogP contribution in [0.3, 0.4) is 0 Å². The Bertz CT molecular complexity index is 997. The Labute approximate surface area is 355 Å². The molecular formula is C50H97NO5S. The molecule has 0 radical (unpaired) electrons. The van der Waals surface area contributed by atoms with Gasteiger partial charge in [0, 0.05) is 6.42 Å². The number of nitrogens with one attached hydrogen (secondary N) is 1. The maximum absolute atomic E-state index is 12.6. The van der Waals surface area contributed by atoms with Crippen LogP contribution in [0.25, 0.3) is 0 Å². The van der Waals surface area contributed by atoms with E-state index in [4.69, 9.17) is 0 Å². The lowest BCUT2D eigenvalue weighted by Gasteiger charge is -2.21. The van der Waals surface area contributed by atoms with Crippen molar-refractivity contribution < 1.29 is 22.9 Å². The van der Waals surface area contributed by atoms with Crippen LogP contribution >= 0.6 is 0 Å². The number of aliphatic hydroxyl groups excluding tert-OH is 1. The van der Waals surface area contributed by atoms with Gasteiger partial charge in [0.05, 0.1) is 17.9 Å². The van der Waals surface area contributed by atoms with Crippen LogP contribution in [0, 0.1) is 0 Å². The van der Waals surface area contributed by atoms with Gasteiger partial charge in [-0.05, 0) is 44.9 Å². The van der Waals surface area contributed by atoms with E-state index < -0.39 is 28.0 Å². The van der Waals surface area contributed by atoms with Crippen LogP contribution in [-0.2, 0) is 14.9 Å². The molecule has 0 rings (SSSR count). The first-order chi connectivity index (χ1) is 27.8. The average Bonchev–Trinajstić information content (AvgIpc) is 3.18. The van der Waals surface area contributed by atoms with E-state index in [2.05, 4.69) is 31.3 Å². The Morgan fingerprint density at radius 2 is 0.737 bits per heavy atom. The number of carbonyl (C=O) groups is 1. The summed E-state index contributed by atoms with van der Waals surface area (Å²) >= 11 is 0. The molecule has 0 aromatic heterocycles. The molecule has 0 fully saturated rings. The Kier molecular flexibility index (Phi) is 43.5. The molecule has 57 heavy (non-hydrogen) atoms. The predicted octanol–water partition coefficient (Wildman–Crippen LogP) is 15.5. The summed E-state index contributed by atoms with van der Waals surface area (Å²) in [7, 11) is -4.35. The third-order valence-corrected chi connectivity index (χ3v) is 12.4. The minimum absolute atomic E-state index is 0.275. The molecule has 0 saturated carbocycles. The first kappa shape index (κ1) is 55.8. The quantitative estimate of drug-likeness (QED) is 0.0322. The molecule has 6 nitrogen and oxygen atoms in total. The zero-order chi connectivity index (χ0) is 41.8. The molecule has 0 aliphatic rings. The van der Waals surface area contributed by atoms with E-state index in [0.717, 1.165) is 38.5 Å². The van der Waals surface area contributed by atoms with Crippen molar-refractivity contribution in [1.29, 1.82) is 0 Å². The summed E-state index contributed by atoms with van der Waals surface area (Å²) in [5, 5.41) is 13.3. The van der Waals surface area contributed by atoms with E-state index in [9.17, 15) is 22.9 Å². The SMILES string of the molecule is CCCCCCCCCC/C=C\CCCCCCCCCCCCCC(=O)NC(CS(=O)(=O)O)C(O)/C=C/CCCCCCCCCCCCCCCCCCC. The summed E-state index contributed by atoms with van der Waals surface area (Å²) in [6.45, 7) is 4.55. The van der Waals surface area contributed by atoms with Crippen molar-refractivity contribution >= 4 is 16.0 Å². The van der Waals surface area contributed by atoms with Crippen LogP contribution < -0.4 is 5.32 Å². The Balaban J connectivity index is 3.78. The molecule has 0 saturated heterocycles. The topological polar surface area (TPSA) is 104 Å². The fourth-order valence-corrected chi connectivity index (χ4v) is 8.59. The van der Waals surface area contributed by atoms with Crippen LogP contribution in [0.5, 0.6) is 0 Å². The molecule has 338 valence electrons. The Morgan fingerprint density at radius 3 is 1.05 bits per heavy atom. The zero-order valence-corrected chi connectivity index (χ0v) is 38.8. The van der Waals surface area contributed by atoms with Gasteiger partial charge >= 0.3 is 0 Å². The molecule has 7 heteroatoms. The lowest BCUT2D eigenvalue weighted by Crippen LogP contribution is -2.46. The van der Waals surface area contributed by atoms with Gasteiger partial charge in [0.2, 0.25) is 5.91 Å². The molecule has 0 aromatic rings. The molecule has 0 heterocycles. The number of carbonyl (C=O) groups excluding carboxylic acids is 1. The van der Waals surface area contributed by atoms with Crippen molar-refractivity contribution in [1.82, 2.24) is 5.32 Å². The summed E-state index contributed by atoms with van der Waals surface area (Å²) in [6.07, 6.45) is 57.5. The normalized spacial score (nSPS) is 13.3. The number of aliphatic hydroxyl groups is 1. The highest BCUT2D eigenvalue weighted by Gasteiger charge is 2.24. The fraction of sp³-hybridized carbons (Fsp3) is 0.900. The molecule has 0 aliphatic carbocycles. The number of amides is 1. The van der Waals surface area contributed by atoms with Crippen LogP contribution in [0.4, 0.5) is 0 Å². The molecular weight excluding hydrogens is 727 g/mol. The van der Waals surface area contributed by atoms with Gasteiger partial charge in [0.15, 0.2) is 0 Å². The standard InChI is InChI=1S/C50H97NO5S/c1-3-5-7-9-11-13-15-17-19-21-23-24-25-26-28-30-32-34-36-38-40-42-44-46-50(53)51-48(47-57(54,55)56)49(52)45-43-41-39-37-35-33-31-29-27-22-20-18-16-14-12-10-8-6-4-2/h21,23,43,45,48-49,52H,3-20,22,24-42,44,46-47H2,1-2H3,(H,51,53)(H,54,55,56)/b23-21-,45-43+. The largest absolute Gasteiger partial charge is 0.387 e. The maximum Gasteiger partial charge on any atom is 0.267 e. The van der Waals surface area contributed by atoms with Crippen LogP contribution in [0.15, 0.2) is 24.3 Å². The number of hydrogen-bond donors (Lipinski definition) is 3. The van der Waals surface area contributed by atoms with Gasteiger partial charge in [-0.2, -0.15) is 8.42 Å². The molecule has 2 atom stereocenters. The van der Waals surface area contributed by atoms with Crippen molar-refractivity contribution in [2.24, 2.45) is 0 Å². The number of hydrogen-bond acceptors (Lipinski definition) is 4. The highest BCUT2D eigenvalue weighted by Crippen LogP contribution is 2.16. The van der Waals surface area contributed by atoms with E-state index in [1.165, 1.54) is 212 Å². The molecule has 3 N–H and O–H groups in total. The fourth-order valence-electron chi connectivity index (χ4n) is 7.86. The van der Waals surface area contributed by atoms with Gasteiger partial charge in [-0.1, -0.05) is 244 Å². The summed E-state index contributed by atoms with van der Waals surface area (Å²) in [4.78, 5) is 12.6. The van der Waals surface area contributed by atoms with Gasteiger partial charge in [0.25, 0.3) is 10.1 Å². The smallest absolute Gasteiger partial charge is 0.267 e. The first-order valence-electron chi connectivity index (χ1n) is 25.0.